The SMILES string of the molecule is O=c1[nH]c(SCc2cccc(Br)c2)nc2c1CCCC2. The fourth-order valence-electron chi connectivity index (χ4n) is 2.43. The van der Waals surface area contributed by atoms with E-state index < -0.39 is 0 Å². The van der Waals surface area contributed by atoms with Crippen molar-refractivity contribution < 1.29 is 0 Å². The quantitative estimate of drug-likeness (QED) is 0.677. The standard InChI is InChI=1S/C15H15BrN2OS/c16-11-5-3-4-10(8-11)9-20-15-17-13-7-2-1-6-12(13)14(19)18-15/h3-5,8H,1-2,6-7,9H2,(H,17,18,19). The van der Waals surface area contributed by atoms with Gasteiger partial charge in [-0.3, -0.25) is 4.79 Å². The topological polar surface area (TPSA) is 45.8 Å². The highest BCUT2D eigenvalue weighted by Crippen LogP contribution is 2.23. The Morgan fingerprint density at radius 2 is 2.15 bits per heavy atom. The molecule has 3 rings (SSSR count). The molecule has 0 bridgehead atoms. The minimum Gasteiger partial charge on any atom is -0.301 e. The normalized spacial score (nSPS) is 14.1. The van der Waals surface area contributed by atoms with Gasteiger partial charge >= 0.3 is 0 Å². The molecule has 20 heavy (non-hydrogen) atoms. The number of halogens is 1. The average Bonchev–Trinajstić information content (AvgIpc) is 2.45. The van der Waals surface area contributed by atoms with Gasteiger partial charge in [-0.2, -0.15) is 0 Å². The number of rotatable bonds is 3. The molecule has 0 fully saturated rings. The molecule has 1 aliphatic rings. The van der Waals surface area contributed by atoms with Gasteiger partial charge in [-0.05, 0) is 43.4 Å². The zero-order valence-electron chi connectivity index (χ0n) is 11.0. The Balaban J connectivity index is 1.78. The molecule has 0 radical (unpaired) electrons. The molecule has 5 heteroatoms. The van der Waals surface area contributed by atoms with Crippen molar-refractivity contribution in [3.8, 4) is 0 Å². The van der Waals surface area contributed by atoms with Crippen LogP contribution in [0, 0.1) is 0 Å². The van der Waals surface area contributed by atoms with E-state index in [4.69, 9.17) is 0 Å². The maximum atomic E-state index is 12.0. The van der Waals surface area contributed by atoms with Gasteiger partial charge < -0.3 is 4.98 Å². The van der Waals surface area contributed by atoms with Crippen LogP contribution >= 0.6 is 27.7 Å². The fourth-order valence-corrected chi connectivity index (χ4v) is 3.70. The number of nitrogens with zero attached hydrogens (tertiary/aromatic N) is 1. The van der Waals surface area contributed by atoms with Gasteiger partial charge in [-0.1, -0.05) is 39.8 Å². The molecule has 0 saturated heterocycles. The van der Waals surface area contributed by atoms with Gasteiger partial charge in [0.05, 0.1) is 5.69 Å². The largest absolute Gasteiger partial charge is 0.301 e. The van der Waals surface area contributed by atoms with Crippen LogP contribution in [-0.2, 0) is 18.6 Å². The van der Waals surface area contributed by atoms with Gasteiger partial charge in [0.1, 0.15) is 0 Å². The van der Waals surface area contributed by atoms with Crippen LogP contribution in [0.4, 0.5) is 0 Å². The molecule has 1 aliphatic carbocycles. The Labute approximate surface area is 130 Å². The van der Waals surface area contributed by atoms with Crippen molar-refractivity contribution in [3.05, 3.63) is 55.9 Å². The first-order valence-corrected chi connectivity index (χ1v) is 8.49. The summed E-state index contributed by atoms with van der Waals surface area (Å²) in [6, 6.07) is 8.19. The number of fused-ring (bicyclic) bond motifs is 1. The number of hydrogen-bond acceptors (Lipinski definition) is 3. The molecule has 0 unspecified atom stereocenters. The van der Waals surface area contributed by atoms with Crippen LogP contribution in [0.1, 0.15) is 29.7 Å². The lowest BCUT2D eigenvalue weighted by Crippen LogP contribution is -2.21. The number of H-pyrrole nitrogens is 1. The predicted octanol–water partition coefficient (Wildman–Crippen LogP) is 3.70. The summed E-state index contributed by atoms with van der Waals surface area (Å²) in [5.74, 6) is 0.807. The molecule has 3 nitrogen and oxygen atoms in total. The van der Waals surface area contributed by atoms with Crippen LogP contribution in [0.25, 0.3) is 0 Å². The van der Waals surface area contributed by atoms with Gasteiger partial charge in [-0.25, -0.2) is 4.98 Å². The summed E-state index contributed by atoms with van der Waals surface area (Å²) < 4.78 is 1.07. The lowest BCUT2D eigenvalue weighted by atomic mass is 9.97. The zero-order valence-corrected chi connectivity index (χ0v) is 13.4. The van der Waals surface area contributed by atoms with Crippen molar-refractivity contribution in [2.75, 3.05) is 0 Å². The van der Waals surface area contributed by atoms with Crippen LogP contribution in [0.3, 0.4) is 0 Å². The number of benzene rings is 1. The molecule has 1 heterocycles. The van der Waals surface area contributed by atoms with Crippen molar-refractivity contribution in [3.63, 3.8) is 0 Å². The summed E-state index contributed by atoms with van der Waals surface area (Å²) in [7, 11) is 0. The lowest BCUT2D eigenvalue weighted by Gasteiger charge is -2.14. The second-order valence-electron chi connectivity index (χ2n) is 4.92. The first-order valence-electron chi connectivity index (χ1n) is 6.72. The van der Waals surface area contributed by atoms with Crippen LogP contribution in [-0.4, -0.2) is 9.97 Å². The molecule has 0 spiro atoms. The first-order chi connectivity index (χ1) is 9.72. The van der Waals surface area contributed by atoms with E-state index in [1.165, 1.54) is 5.56 Å². The smallest absolute Gasteiger partial charge is 0.254 e. The molecule has 104 valence electrons. The summed E-state index contributed by atoms with van der Waals surface area (Å²) >= 11 is 5.05. The van der Waals surface area contributed by atoms with E-state index in [0.717, 1.165) is 52.3 Å². The minimum absolute atomic E-state index is 0.0476. The van der Waals surface area contributed by atoms with Gasteiger partial charge in [0.2, 0.25) is 0 Å². The maximum absolute atomic E-state index is 12.0. The third kappa shape index (κ3) is 3.15. The Kier molecular flexibility index (Phi) is 4.27. The van der Waals surface area contributed by atoms with Gasteiger partial charge in [-0.15, -0.1) is 0 Å². The van der Waals surface area contributed by atoms with Gasteiger partial charge in [0.25, 0.3) is 5.56 Å². The Hall–Kier alpha value is -1.07. The molecule has 1 aromatic carbocycles. The number of aryl methyl sites for hydroxylation is 1. The zero-order chi connectivity index (χ0) is 13.9. The van der Waals surface area contributed by atoms with Gasteiger partial charge in [0.15, 0.2) is 5.16 Å². The predicted molar refractivity (Wildman–Crippen MR) is 85.2 cm³/mol. The molecule has 1 aromatic heterocycles. The first kappa shape index (κ1) is 13.9. The second kappa shape index (κ2) is 6.14. The average molecular weight is 351 g/mol. The molecule has 0 amide bonds. The summed E-state index contributed by atoms with van der Waals surface area (Å²) in [5.41, 5.74) is 3.15. The molecule has 2 aromatic rings. The van der Waals surface area contributed by atoms with Gasteiger partial charge in [0, 0.05) is 15.8 Å². The number of nitrogens with one attached hydrogen (secondary N) is 1. The molecular weight excluding hydrogens is 336 g/mol. The van der Waals surface area contributed by atoms with E-state index >= 15 is 0 Å². The van der Waals surface area contributed by atoms with Crippen molar-refractivity contribution in [2.24, 2.45) is 0 Å². The lowest BCUT2D eigenvalue weighted by molar-refractivity contribution is 0.641. The molecular formula is C15H15BrN2OS. The van der Waals surface area contributed by atoms with E-state index in [0.29, 0.717) is 0 Å². The maximum Gasteiger partial charge on any atom is 0.254 e. The Bertz CT molecular complexity index is 684. The highest BCUT2D eigenvalue weighted by atomic mass is 79.9. The summed E-state index contributed by atoms with van der Waals surface area (Å²) in [6.45, 7) is 0. The van der Waals surface area contributed by atoms with E-state index in [9.17, 15) is 4.79 Å². The van der Waals surface area contributed by atoms with Crippen LogP contribution in [0.15, 0.2) is 38.7 Å². The van der Waals surface area contributed by atoms with E-state index in [1.807, 2.05) is 12.1 Å². The molecule has 0 saturated carbocycles. The van der Waals surface area contributed by atoms with Crippen molar-refractivity contribution in [2.45, 2.75) is 36.6 Å². The third-order valence-electron chi connectivity index (χ3n) is 3.43. The van der Waals surface area contributed by atoms with E-state index in [-0.39, 0.29) is 5.56 Å². The molecule has 0 aliphatic heterocycles. The second-order valence-corrected chi connectivity index (χ2v) is 6.80. The summed E-state index contributed by atoms with van der Waals surface area (Å²) in [6.07, 6.45) is 4.04. The highest BCUT2D eigenvalue weighted by Gasteiger charge is 2.15. The van der Waals surface area contributed by atoms with E-state index in [2.05, 4.69) is 38.0 Å². The van der Waals surface area contributed by atoms with Crippen LogP contribution in [0.2, 0.25) is 0 Å². The monoisotopic (exact) mass is 350 g/mol. The Morgan fingerprint density at radius 3 is 3.00 bits per heavy atom. The fraction of sp³-hybridized carbons (Fsp3) is 0.333. The summed E-state index contributed by atoms with van der Waals surface area (Å²) in [4.78, 5) is 19.5. The number of hydrogen-bond donors (Lipinski definition) is 1. The van der Waals surface area contributed by atoms with Crippen molar-refractivity contribution >= 4 is 27.7 Å². The molecule has 1 N–H and O–H groups in total. The number of thioether (sulfide) groups is 1. The van der Waals surface area contributed by atoms with Crippen LogP contribution in [0.5, 0.6) is 0 Å². The third-order valence-corrected chi connectivity index (χ3v) is 4.87. The van der Waals surface area contributed by atoms with Crippen LogP contribution < -0.4 is 5.56 Å². The minimum atomic E-state index is 0.0476. The summed E-state index contributed by atoms with van der Waals surface area (Å²) in [5, 5.41) is 0.732. The van der Waals surface area contributed by atoms with E-state index in [1.54, 1.807) is 11.8 Å². The highest BCUT2D eigenvalue weighted by molar-refractivity contribution is 9.10. The Morgan fingerprint density at radius 1 is 1.30 bits per heavy atom. The molecule has 0 atom stereocenters. The number of aromatic nitrogens is 2. The van der Waals surface area contributed by atoms with Crippen molar-refractivity contribution in [1.29, 1.82) is 0 Å². The van der Waals surface area contributed by atoms with Crippen molar-refractivity contribution in [1.82, 2.24) is 9.97 Å². The number of aromatic amines is 1.